The Morgan fingerprint density at radius 1 is 1.11 bits per heavy atom. The number of esters is 1. The number of benzene rings is 1. The monoisotopic (exact) mass is 390 g/mol. The van der Waals surface area contributed by atoms with Crippen molar-refractivity contribution in [3.05, 3.63) is 40.7 Å². The molecule has 144 valence electrons. The summed E-state index contributed by atoms with van der Waals surface area (Å²) in [6, 6.07) is 5.95. The van der Waals surface area contributed by atoms with Crippen molar-refractivity contribution >= 4 is 23.2 Å². The predicted octanol–water partition coefficient (Wildman–Crippen LogP) is 4.21. The number of hydrogen-bond donors (Lipinski definition) is 0. The summed E-state index contributed by atoms with van der Waals surface area (Å²) in [5.41, 5.74) is 1.28. The minimum Gasteiger partial charge on any atom is -0.451 e. The molecule has 1 aromatic heterocycles. The second-order valence-corrected chi connectivity index (χ2v) is 7.66. The highest BCUT2D eigenvalue weighted by molar-refractivity contribution is 7.17. The number of carbonyl (C=O) groups excluding carboxylic acids is 2. The van der Waals surface area contributed by atoms with Crippen molar-refractivity contribution in [2.75, 3.05) is 19.7 Å². The minimum absolute atomic E-state index is 0.147. The van der Waals surface area contributed by atoms with Gasteiger partial charge in [0.2, 0.25) is 0 Å². The molecule has 1 fully saturated rings. The van der Waals surface area contributed by atoms with Gasteiger partial charge in [0.15, 0.2) is 6.61 Å². The zero-order valence-electron chi connectivity index (χ0n) is 15.4. The Kier molecular flexibility index (Phi) is 6.55. The number of halogens is 1. The number of thiazole rings is 1. The molecule has 1 aromatic carbocycles. The zero-order valence-corrected chi connectivity index (χ0v) is 16.2. The van der Waals surface area contributed by atoms with Gasteiger partial charge in [-0.05, 0) is 44.0 Å². The van der Waals surface area contributed by atoms with Crippen molar-refractivity contribution in [3.63, 3.8) is 0 Å². The molecule has 0 radical (unpaired) electrons. The molecular weight excluding hydrogens is 367 g/mol. The molecule has 1 amide bonds. The molecule has 0 atom stereocenters. The maximum atomic E-state index is 13.1. The summed E-state index contributed by atoms with van der Waals surface area (Å²) < 4.78 is 18.3. The van der Waals surface area contributed by atoms with E-state index in [9.17, 15) is 14.0 Å². The van der Waals surface area contributed by atoms with Crippen LogP contribution in [-0.2, 0) is 9.53 Å². The molecule has 0 N–H and O–H groups in total. The number of aromatic nitrogens is 1. The molecule has 27 heavy (non-hydrogen) atoms. The van der Waals surface area contributed by atoms with Gasteiger partial charge in [0.25, 0.3) is 5.91 Å². The summed E-state index contributed by atoms with van der Waals surface area (Å²) in [6.07, 6.45) is 5.48. The lowest BCUT2D eigenvalue weighted by atomic mass is 10.1. The molecule has 2 aromatic rings. The summed E-state index contributed by atoms with van der Waals surface area (Å²) in [7, 11) is 0. The van der Waals surface area contributed by atoms with Gasteiger partial charge >= 0.3 is 5.97 Å². The van der Waals surface area contributed by atoms with Gasteiger partial charge in [-0.25, -0.2) is 14.2 Å². The van der Waals surface area contributed by atoms with Crippen LogP contribution < -0.4 is 0 Å². The molecule has 0 spiro atoms. The van der Waals surface area contributed by atoms with Crippen molar-refractivity contribution in [2.24, 2.45) is 0 Å². The van der Waals surface area contributed by atoms with Crippen LogP contribution in [0.4, 0.5) is 4.39 Å². The molecule has 5 nitrogen and oxygen atoms in total. The van der Waals surface area contributed by atoms with Crippen molar-refractivity contribution in [3.8, 4) is 10.6 Å². The number of rotatable bonds is 4. The highest BCUT2D eigenvalue weighted by atomic mass is 32.1. The maximum absolute atomic E-state index is 13.1. The lowest BCUT2D eigenvalue weighted by Gasteiger charge is -2.24. The normalized spacial score (nSPS) is 15.1. The van der Waals surface area contributed by atoms with Gasteiger partial charge in [0.05, 0.1) is 5.69 Å². The Morgan fingerprint density at radius 3 is 2.41 bits per heavy atom. The Balaban J connectivity index is 1.60. The Labute approximate surface area is 162 Å². The van der Waals surface area contributed by atoms with Crippen LogP contribution in [0, 0.1) is 12.7 Å². The zero-order chi connectivity index (χ0) is 19.2. The van der Waals surface area contributed by atoms with Crippen LogP contribution >= 0.6 is 11.3 Å². The molecule has 0 saturated carbocycles. The van der Waals surface area contributed by atoms with E-state index in [1.807, 2.05) is 0 Å². The summed E-state index contributed by atoms with van der Waals surface area (Å²) in [4.78, 5) is 31.3. The largest absolute Gasteiger partial charge is 0.451 e. The Bertz CT molecular complexity index is 796. The third-order valence-electron chi connectivity index (χ3n) is 4.61. The summed E-state index contributed by atoms with van der Waals surface area (Å²) in [5.74, 6) is -1.01. The van der Waals surface area contributed by atoms with Gasteiger partial charge in [0, 0.05) is 18.7 Å². The van der Waals surface area contributed by atoms with Gasteiger partial charge in [0.1, 0.15) is 15.7 Å². The van der Waals surface area contributed by atoms with E-state index in [4.69, 9.17) is 4.74 Å². The van der Waals surface area contributed by atoms with E-state index in [0.29, 0.717) is 15.6 Å². The molecule has 3 rings (SSSR count). The first-order chi connectivity index (χ1) is 13.0. The first-order valence-electron chi connectivity index (χ1n) is 9.23. The highest BCUT2D eigenvalue weighted by Crippen LogP contribution is 2.28. The lowest BCUT2D eigenvalue weighted by molar-refractivity contribution is -0.134. The standard InChI is InChI=1S/C20H23FN2O3S/c1-14-18(27-19(22-14)15-7-9-16(21)10-8-15)20(25)26-13-17(24)23-11-5-3-2-4-6-12-23/h7-10H,2-6,11-13H2,1H3. The minimum atomic E-state index is -0.543. The van der Waals surface area contributed by atoms with E-state index in [2.05, 4.69) is 4.98 Å². The highest BCUT2D eigenvalue weighted by Gasteiger charge is 2.21. The smallest absolute Gasteiger partial charge is 0.350 e. The average Bonchev–Trinajstić information content (AvgIpc) is 3.01. The SMILES string of the molecule is Cc1nc(-c2ccc(F)cc2)sc1C(=O)OCC(=O)N1CCCCCCC1. The number of amides is 1. The number of likely N-dealkylation sites (tertiary alicyclic amines) is 1. The van der Waals surface area contributed by atoms with Crippen LogP contribution in [-0.4, -0.2) is 41.5 Å². The van der Waals surface area contributed by atoms with E-state index in [1.165, 1.54) is 29.9 Å². The van der Waals surface area contributed by atoms with E-state index < -0.39 is 5.97 Å². The van der Waals surface area contributed by atoms with E-state index in [-0.39, 0.29) is 18.3 Å². The summed E-state index contributed by atoms with van der Waals surface area (Å²) in [5, 5.41) is 0.620. The van der Waals surface area contributed by atoms with Crippen LogP contribution in [0.5, 0.6) is 0 Å². The molecule has 1 aliphatic heterocycles. The molecule has 2 heterocycles. The van der Waals surface area contributed by atoms with Gasteiger partial charge in [-0.1, -0.05) is 19.3 Å². The quantitative estimate of drug-likeness (QED) is 0.734. The van der Waals surface area contributed by atoms with Crippen molar-refractivity contribution in [1.29, 1.82) is 0 Å². The molecule has 7 heteroatoms. The summed E-state index contributed by atoms with van der Waals surface area (Å²) >= 11 is 1.19. The number of carbonyl (C=O) groups is 2. The van der Waals surface area contributed by atoms with Crippen LogP contribution in [0.3, 0.4) is 0 Å². The Morgan fingerprint density at radius 2 is 1.74 bits per heavy atom. The van der Waals surface area contributed by atoms with E-state index in [1.54, 1.807) is 24.0 Å². The molecule has 0 aliphatic carbocycles. The molecule has 0 bridgehead atoms. The van der Waals surface area contributed by atoms with Gasteiger partial charge in [-0.15, -0.1) is 11.3 Å². The van der Waals surface area contributed by atoms with E-state index >= 15 is 0 Å². The fraction of sp³-hybridized carbons (Fsp3) is 0.450. The lowest BCUT2D eigenvalue weighted by Crippen LogP contribution is -2.36. The molecule has 1 aliphatic rings. The fourth-order valence-corrected chi connectivity index (χ4v) is 4.05. The van der Waals surface area contributed by atoms with Crippen LogP contribution in [0.2, 0.25) is 0 Å². The number of nitrogens with zero attached hydrogens (tertiary/aromatic N) is 2. The second kappa shape index (κ2) is 9.08. The average molecular weight is 390 g/mol. The van der Waals surface area contributed by atoms with Crippen molar-refractivity contribution in [2.45, 2.75) is 39.0 Å². The fourth-order valence-electron chi connectivity index (χ4n) is 3.08. The third kappa shape index (κ3) is 5.13. The first kappa shape index (κ1) is 19.5. The molecule has 1 saturated heterocycles. The predicted molar refractivity (Wildman–Crippen MR) is 102 cm³/mol. The van der Waals surface area contributed by atoms with Crippen LogP contribution in [0.15, 0.2) is 24.3 Å². The number of hydrogen-bond acceptors (Lipinski definition) is 5. The van der Waals surface area contributed by atoms with Crippen LogP contribution in [0.1, 0.15) is 47.5 Å². The molecular formula is C20H23FN2O3S. The topological polar surface area (TPSA) is 59.5 Å². The van der Waals surface area contributed by atoms with Crippen molar-refractivity contribution < 1.29 is 18.7 Å². The van der Waals surface area contributed by atoms with Crippen LogP contribution in [0.25, 0.3) is 10.6 Å². The first-order valence-corrected chi connectivity index (χ1v) is 10.0. The van der Waals surface area contributed by atoms with Gasteiger partial charge < -0.3 is 9.64 Å². The molecule has 0 unspecified atom stereocenters. The maximum Gasteiger partial charge on any atom is 0.350 e. The van der Waals surface area contributed by atoms with Crippen molar-refractivity contribution in [1.82, 2.24) is 9.88 Å². The second-order valence-electron chi connectivity index (χ2n) is 6.67. The Hall–Kier alpha value is -2.28. The number of ether oxygens (including phenoxy) is 1. The number of aryl methyl sites for hydroxylation is 1. The van der Waals surface area contributed by atoms with E-state index in [0.717, 1.165) is 44.3 Å². The van der Waals surface area contributed by atoms with Gasteiger partial charge in [-0.3, -0.25) is 4.79 Å². The summed E-state index contributed by atoms with van der Waals surface area (Å²) in [6.45, 7) is 2.93. The van der Waals surface area contributed by atoms with Gasteiger partial charge in [-0.2, -0.15) is 0 Å². The third-order valence-corrected chi connectivity index (χ3v) is 5.80.